The highest BCUT2D eigenvalue weighted by molar-refractivity contribution is 7.92. The van der Waals surface area contributed by atoms with Gasteiger partial charge in [-0.3, -0.25) is 14.8 Å². The molecule has 4 aromatic carbocycles. The van der Waals surface area contributed by atoms with Crippen molar-refractivity contribution in [3.8, 4) is 22.6 Å². The maximum atomic E-state index is 12.9. The molecule has 0 aliphatic rings. The van der Waals surface area contributed by atoms with Gasteiger partial charge in [-0.15, -0.1) is 0 Å². The number of hydrogen-bond donors (Lipinski definition) is 1. The zero-order valence-electron chi connectivity index (χ0n) is 17.0. The predicted molar refractivity (Wildman–Crippen MR) is 127 cm³/mol. The van der Waals surface area contributed by atoms with E-state index < -0.39 is 14.9 Å². The van der Waals surface area contributed by atoms with Crippen molar-refractivity contribution in [3.05, 3.63) is 112 Å². The van der Waals surface area contributed by atoms with Crippen LogP contribution in [0.4, 0.5) is 11.4 Å². The summed E-state index contributed by atoms with van der Waals surface area (Å²) in [6.45, 7) is 0. The first-order chi connectivity index (χ1) is 15.8. The van der Waals surface area contributed by atoms with Crippen LogP contribution in [0, 0.1) is 10.1 Å². The third kappa shape index (κ3) is 5.14. The number of nitro groups is 1. The average Bonchev–Trinajstić information content (AvgIpc) is 2.81. The Morgan fingerprint density at radius 1 is 0.818 bits per heavy atom. The fourth-order valence-corrected chi connectivity index (χ4v) is 4.37. The van der Waals surface area contributed by atoms with Crippen LogP contribution < -0.4 is 9.46 Å². The van der Waals surface area contributed by atoms with Crippen LogP contribution in [0.15, 0.2) is 102 Å². The van der Waals surface area contributed by atoms with E-state index in [-0.39, 0.29) is 16.3 Å². The number of ether oxygens (including phenoxy) is 1. The second-order valence-corrected chi connectivity index (χ2v) is 9.05. The predicted octanol–water partition coefficient (Wildman–Crippen LogP) is 6.51. The Hall–Kier alpha value is -3.88. The molecular weight excluding hydrogens is 464 g/mol. The molecule has 0 amide bonds. The summed E-state index contributed by atoms with van der Waals surface area (Å²) in [6.07, 6.45) is 0. The van der Waals surface area contributed by atoms with Crippen LogP contribution in [-0.4, -0.2) is 13.3 Å². The lowest BCUT2D eigenvalue weighted by Crippen LogP contribution is -2.14. The molecule has 1 N–H and O–H groups in total. The molecule has 0 aromatic heterocycles. The molecular formula is C24H17ClN2O5S. The first-order valence-corrected chi connectivity index (χ1v) is 11.6. The minimum absolute atomic E-state index is 0.0737. The van der Waals surface area contributed by atoms with Crippen molar-refractivity contribution in [2.75, 3.05) is 4.72 Å². The highest BCUT2D eigenvalue weighted by Gasteiger charge is 2.22. The molecule has 0 aliphatic carbocycles. The number of para-hydroxylation sites is 1. The van der Waals surface area contributed by atoms with Crippen molar-refractivity contribution in [2.45, 2.75) is 4.90 Å². The van der Waals surface area contributed by atoms with Gasteiger partial charge in [0.25, 0.3) is 15.7 Å². The van der Waals surface area contributed by atoms with Gasteiger partial charge in [0.2, 0.25) is 0 Å². The zero-order chi connectivity index (χ0) is 23.4. The molecule has 0 fully saturated rings. The van der Waals surface area contributed by atoms with Crippen LogP contribution in [0.2, 0.25) is 5.02 Å². The van der Waals surface area contributed by atoms with Crippen molar-refractivity contribution in [1.29, 1.82) is 0 Å². The van der Waals surface area contributed by atoms with Gasteiger partial charge in [0.1, 0.15) is 17.2 Å². The van der Waals surface area contributed by atoms with E-state index in [0.29, 0.717) is 22.1 Å². The zero-order valence-corrected chi connectivity index (χ0v) is 18.6. The Balaban J connectivity index is 1.58. The number of benzene rings is 4. The Morgan fingerprint density at radius 3 is 2.15 bits per heavy atom. The summed E-state index contributed by atoms with van der Waals surface area (Å²) in [5.41, 5.74) is 0.908. The number of hydrogen-bond acceptors (Lipinski definition) is 5. The second kappa shape index (κ2) is 9.32. The minimum atomic E-state index is -4.08. The van der Waals surface area contributed by atoms with E-state index in [1.54, 1.807) is 30.3 Å². The molecule has 0 atom stereocenters. The molecule has 0 spiro atoms. The number of nitrogens with zero attached hydrogens (tertiary/aromatic N) is 1. The molecule has 7 nitrogen and oxygen atoms in total. The lowest BCUT2D eigenvalue weighted by molar-refractivity contribution is -0.383. The standard InChI is InChI=1S/C24H17ClN2O5S/c25-21-8-4-5-9-24(21)32-19-11-13-20(14-12-19)33(30,31)26-22-15-10-18(16-23(22)27(28)29)17-6-2-1-3-7-17/h1-16,26H. The molecule has 4 rings (SSSR count). The molecule has 33 heavy (non-hydrogen) atoms. The second-order valence-electron chi connectivity index (χ2n) is 6.96. The minimum Gasteiger partial charge on any atom is -0.456 e. The van der Waals surface area contributed by atoms with Crippen LogP contribution in [0.3, 0.4) is 0 Å². The van der Waals surface area contributed by atoms with Gasteiger partial charge < -0.3 is 4.74 Å². The maximum absolute atomic E-state index is 12.9. The van der Waals surface area contributed by atoms with Crippen molar-refractivity contribution in [1.82, 2.24) is 0 Å². The Kier molecular flexibility index (Phi) is 6.30. The quantitative estimate of drug-likeness (QED) is 0.240. The van der Waals surface area contributed by atoms with E-state index in [1.165, 1.54) is 36.4 Å². The number of nitro benzene ring substituents is 1. The molecule has 0 saturated carbocycles. The number of nitrogens with one attached hydrogen (secondary N) is 1. The molecule has 4 aromatic rings. The molecule has 0 radical (unpaired) electrons. The summed E-state index contributed by atoms with van der Waals surface area (Å²) in [5, 5.41) is 12.0. The maximum Gasteiger partial charge on any atom is 0.293 e. The summed E-state index contributed by atoms with van der Waals surface area (Å²) in [6, 6.07) is 26.0. The SMILES string of the molecule is O=[N+]([O-])c1cc(-c2ccccc2)ccc1NS(=O)(=O)c1ccc(Oc2ccccc2Cl)cc1. The molecule has 0 bridgehead atoms. The molecule has 0 saturated heterocycles. The average molecular weight is 481 g/mol. The third-order valence-corrected chi connectivity index (χ3v) is 6.44. The highest BCUT2D eigenvalue weighted by atomic mass is 35.5. The van der Waals surface area contributed by atoms with E-state index in [9.17, 15) is 18.5 Å². The van der Waals surface area contributed by atoms with Crippen LogP contribution in [0.25, 0.3) is 11.1 Å². The number of sulfonamides is 1. The van der Waals surface area contributed by atoms with Gasteiger partial charge in [0.15, 0.2) is 0 Å². The Bertz CT molecular complexity index is 1410. The molecule has 0 heterocycles. The van der Waals surface area contributed by atoms with Gasteiger partial charge in [0, 0.05) is 6.07 Å². The van der Waals surface area contributed by atoms with Gasteiger partial charge in [-0.25, -0.2) is 8.42 Å². The van der Waals surface area contributed by atoms with Crippen molar-refractivity contribution in [3.63, 3.8) is 0 Å². The third-order valence-electron chi connectivity index (χ3n) is 4.74. The fraction of sp³-hybridized carbons (Fsp3) is 0. The van der Waals surface area contributed by atoms with E-state index in [1.807, 2.05) is 30.3 Å². The van der Waals surface area contributed by atoms with Gasteiger partial charge in [-0.1, -0.05) is 60.1 Å². The number of anilines is 1. The van der Waals surface area contributed by atoms with Crippen molar-refractivity contribution < 1.29 is 18.1 Å². The summed E-state index contributed by atoms with van der Waals surface area (Å²) >= 11 is 6.07. The Labute approximate surface area is 195 Å². The largest absolute Gasteiger partial charge is 0.456 e. The lowest BCUT2D eigenvalue weighted by atomic mass is 10.0. The van der Waals surface area contributed by atoms with E-state index >= 15 is 0 Å². The lowest BCUT2D eigenvalue weighted by Gasteiger charge is -2.11. The van der Waals surface area contributed by atoms with Gasteiger partial charge >= 0.3 is 0 Å². The van der Waals surface area contributed by atoms with Crippen LogP contribution in [0.5, 0.6) is 11.5 Å². The van der Waals surface area contributed by atoms with Gasteiger partial charge in [-0.2, -0.15) is 0 Å². The number of halogens is 1. The normalized spacial score (nSPS) is 11.1. The Morgan fingerprint density at radius 2 is 1.48 bits per heavy atom. The van der Waals surface area contributed by atoms with Crippen molar-refractivity contribution >= 4 is 33.0 Å². The smallest absolute Gasteiger partial charge is 0.293 e. The number of rotatable bonds is 7. The monoisotopic (exact) mass is 480 g/mol. The fourth-order valence-electron chi connectivity index (χ4n) is 3.12. The summed E-state index contributed by atoms with van der Waals surface area (Å²) in [4.78, 5) is 10.9. The van der Waals surface area contributed by atoms with E-state index in [0.717, 1.165) is 5.56 Å². The summed E-state index contributed by atoms with van der Waals surface area (Å²) in [5.74, 6) is 0.822. The first-order valence-electron chi connectivity index (χ1n) is 9.73. The van der Waals surface area contributed by atoms with Crippen LogP contribution in [0.1, 0.15) is 0 Å². The van der Waals surface area contributed by atoms with Crippen molar-refractivity contribution in [2.24, 2.45) is 0 Å². The van der Waals surface area contributed by atoms with Crippen LogP contribution >= 0.6 is 11.6 Å². The van der Waals surface area contributed by atoms with E-state index in [2.05, 4.69) is 4.72 Å². The molecule has 0 aliphatic heterocycles. The van der Waals surface area contributed by atoms with E-state index in [4.69, 9.17) is 16.3 Å². The summed E-state index contributed by atoms with van der Waals surface area (Å²) < 4.78 is 33.7. The molecule has 9 heteroatoms. The topological polar surface area (TPSA) is 98.5 Å². The molecule has 0 unspecified atom stereocenters. The van der Waals surface area contributed by atoms with Gasteiger partial charge in [0.05, 0.1) is 14.8 Å². The van der Waals surface area contributed by atoms with Crippen LogP contribution in [-0.2, 0) is 10.0 Å². The molecule has 166 valence electrons. The summed E-state index contributed by atoms with van der Waals surface area (Å²) in [7, 11) is -4.08. The highest BCUT2D eigenvalue weighted by Crippen LogP contribution is 2.33. The first kappa shape index (κ1) is 22.3. The van der Waals surface area contributed by atoms with Gasteiger partial charge in [-0.05, 0) is 53.6 Å².